The van der Waals surface area contributed by atoms with E-state index in [9.17, 15) is 4.79 Å². The molecule has 3 aromatic rings. The fraction of sp³-hybridized carbons (Fsp3) is 0.385. The second kappa shape index (κ2) is 8.51. The highest BCUT2D eigenvalue weighted by Crippen LogP contribution is 2.50. The third kappa shape index (κ3) is 4.35. The Morgan fingerprint density at radius 1 is 1.10 bits per heavy atom. The Balaban J connectivity index is 1.48. The van der Waals surface area contributed by atoms with E-state index in [4.69, 9.17) is 4.98 Å². The van der Waals surface area contributed by atoms with Crippen molar-refractivity contribution in [2.24, 2.45) is 17.8 Å². The van der Waals surface area contributed by atoms with Crippen LogP contribution in [0.5, 0.6) is 0 Å². The summed E-state index contributed by atoms with van der Waals surface area (Å²) in [6.07, 6.45) is 5.84. The van der Waals surface area contributed by atoms with Crippen molar-refractivity contribution in [3.05, 3.63) is 63.4 Å². The van der Waals surface area contributed by atoms with Crippen molar-refractivity contribution in [3.63, 3.8) is 0 Å². The van der Waals surface area contributed by atoms with E-state index in [1.54, 1.807) is 11.3 Å². The van der Waals surface area contributed by atoms with Gasteiger partial charge >= 0.3 is 0 Å². The average Bonchev–Trinajstić information content (AvgIpc) is 3.45. The second-order valence-corrected chi connectivity index (χ2v) is 11.0. The lowest BCUT2D eigenvalue weighted by atomic mass is 9.86. The molecule has 2 aliphatic rings. The van der Waals surface area contributed by atoms with Crippen LogP contribution >= 0.6 is 27.3 Å². The third-order valence-corrected chi connectivity index (χ3v) is 8.21. The molecule has 1 aromatic heterocycles. The zero-order chi connectivity index (χ0) is 21.5. The van der Waals surface area contributed by atoms with E-state index in [0.29, 0.717) is 12.3 Å². The zero-order valence-electron chi connectivity index (χ0n) is 18.0. The quantitative estimate of drug-likeness (QED) is 0.364. The van der Waals surface area contributed by atoms with Crippen LogP contribution in [0.15, 0.2) is 52.3 Å². The van der Waals surface area contributed by atoms with Crippen molar-refractivity contribution in [1.82, 2.24) is 4.98 Å². The summed E-state index contributed by atoms with van der Waals surface area (Å²) >= 11 is 5.04. The van der Waals surface area contributed by atoms with E-state index in [2.05, 4.69) is 65.5 Å². The van der Waals surface area contributed by atoms with Crippen LogP contribution in [-0.4, -0.2) is 10.9 Å². The van der Waals surface area contributed by atoms with Gasteiger partial charge in [0.1, 0.15) is 0 Å². The van der Waals surface area contributed by atoms with Gasteiger partial charge in [-0.15, -0.1) is 11.3 Å². The number of anilines is 2. The van der Waals surface area contributed by atoms with Gasteiger partial charge in [-0.1, -0.05) is 40.5 Å². The second-order valence-electron chi connectivity index (χ2n) is 9.24. The maximum absolute atomic E-state index is 13.7. The summed E-state index contributed by atoms with van der Waals surface area (Å²) in [5.41, 5.74) is 5.23. The van der Waals surface area contributed by atoms with Crippen molar-refractivity contribution in [2.75, 3.05) is 4.90 Å². The molecule has 0 N–H and O–H groups in total. The number of carbonyl (C=O) groups is 1. The average molecular weight is 495 g/mol. The van der Waals surface area contributed by atoms with Crippen molar-refractivity contribution >= 4 is 44.0 Å². The molecular weight excluding hydrogens is 468 g/mol. The highest BCUT2D eigenvalue weighted by molar-refractivity contribution is 9.10. The number of amides is 1. The number of aryl methyl sites for hydroxylation is 2. The molecule has 2 saturated carbocycles. The maximum atomic E-state index is 13.7. The highest BCUT2D eigenvalue weighted by atomic mass is 79.9. The first kappa shape index (κ1) is 20.9. The summed E-state index contributed by atoms with van der Waals surface area (Å²) in [6.45, 7) is 4.17. The van der Waals surface area contributed by atoms with E-state index in [1.807, 2.05) is 17.0 Å². The summed E-state index contributed by atoms with van der Waals surface area (Å²) in [4.78, 5) is 20.4. The van der Waals surface area contributed by atoms with E-state index >= 15 is 0 Å². The Bertz CT molecular complexity index is 1090. The van der Waals surface area contributed by atoms with E-state index in [1.165, 1.54) is 25.7 Å². The molecule has 1 heterocycles. The number of rotatable bonds is 5. The predicted molar refractivity (Wildman–Crippen MR) is 132 cm³/mol. The Morgan fingerprint density at radius 2 is 1.84 bits per heavy atom. The van der Waals surface area contributed by atoms with Gasteiger partial charge in [-0.2, -0.15) is 0 Å². The number of thiazole rings is 1. The lowest BCUT2D eigenvalue weighted by Gasteiger charge is -2.26. The Hall–Kier alpha value is -1.98. The van der Waals surface area contributed by atoms with Crippen LogP contribution in [0.3, 0.4) is 0 Å². The van der Waals surface area contributed by atoms with Gasteiger partial charge < -0.3 is 0 Å². The molecule has 5 rings (SSSR count). The van der Waals surface area contributed by atoms with Gasteiger partial charge in [-0.3, -0.25) is 9.69 Å². The van der Waals surface area contributed by atoms with E-state index in [-0.39, 0.29) is 5.91 Å². The van der Waals surface area contributed by atoms with Gasteiger partial charge in [-0.05, 0) is 86.3 Å². The minimum absolute atomic E-state index is 0.180. The highest BCUT2D eigenvalue weighted by Gasteiger charge is 2.41. The molecule has 2 aliphatic carbocycles. The molecule has 0 saturated heterocycles. The lowest BCUT2D eigenvalue weighted by Crippen LogP contribution is -2.29. The number of fused-ring (bicyclic) bond motifs is 2. The number of carbonyl (C=O) groups excluding carboxylic acids is 1. The van der Waals surface area contributed by atoms with Gasteiger partial charge in [0.25, 0.3) is 0 Å². The molecule has 3 atom stereocenters. The van der Waals surface area contributed by atoms with Gasteiger partial charge in [-0.25, -0.2) is 4.98 Å². The molecule has 160 valence electrons. The number of hydrogen-bond donors (Lipinski definition) is 0. The van der Waals surface area contributed by atoms with Gasteiger partial charge in [0, 0.05) is 21.8 Å². The van der Waals surface area contributed by atoms with Gasteiger partial charge in [0.15, 0.2) is 5.13 Å². The Morgan fingerprint density at radius 3 is 2.48 bits per heavy atom. The standard InChI is InChI=1S/C26H27BrN2OS/c1-16-9-17(2)11-23(10-16)29(25(30)14-21-13-18-3-4-20(21)12-18)26-28-24(15-31-26)19-5-7-22(27)8-6-19/h5-11,15,18,20-21H,3-4,12-14H2,1-2H3/t18-,20+,21-/m0/s1. The first-order chi connectivity index (χ1) is 15.0. The molecule has 0 unspecified atom stereocenters. The summed E-state index contributed by atoms with van der Waals surface area (Å²) in [5.74, 6) is 2.30. The molecule has 5 heteroatoms. The van der Waals surface area contributed by atoms with E-state index < -0.39 is 0 Å². The molecule has 2 fully saturated rings. The molecule has 31 heavy (non-hydrogen) atoms. The van der Waals surface area contributed by atoms with Crippen LogP contribution in [-0.2, 0) is 4.79 Å². The zero-order valence-corrected chi connectivity index (χ0v) is 20.4. The summed E-state index contributed by atoms with van der Waals surface area (Å²) < 4.78 is 1.05. The van der Waals surface area contributed by atoms with Crippen molar-refractivity contribution < 1.29 is 4.79 Å². The van der Waals surface area contributed by atoms with Crippen molar-refractivity contribution in [1.29, 1.82) is 0 Å². The molecule has 0 radical (unpaired) electrons. The van der Waals surface area contributed by atoms with Gasteiger partial charge in [0.2, 0.25) is 5.91 Å². The van der Waals surface area contributed by atoms with Crippen LogP contribution in [0.2, 0.25) is 0 Å². The monoisotopic (exact) mass is 494 g/mol. The molecule has 2 aromatic carbocycles. The fourth-order valence-electron chi connectivity index (χ4n) is 5.50. The number of halogens is 1. The van der Waals surface area contributed by atoms with Crippen molar-refractivity contribution in [2.45, 2.75) is 46.0 Å². The number of aromatic nitrogens is 1. The largest absolute Gasteiger partial charge is 0.274 e. The normalized spacial score (nSPS) is 22.1. The summed E-state index contributed by atoms with van der Waals surface area (Å²) in [7, 11) is 0. The van der Waals surface area contributed by atoms with Crippen molar-refractivity contribution in [3.8, 4) is 11.3 Å². The predicted octanol–water partition coefficient (Wildman–Crippen LogP) is 7.68. The fourth-order valence-corrected chi connectivity index (χ4v) is 6.64. The van der Waals surface area contributed by atoms with E-state index in [0.717, 1.165) is 49.5 Å². The number of benzene rings is 2. The summed E-state index contributed by atoms with van der Waals surface area (Å²) in [5, 5.41) is 2.81. The molecule has 0 aliphatic heterocycles. The van der Waals surface area contributed by atoms with Crippen LogP contribution in [0.1, 0.15) is 43.2 Å². The number of nitrogens with zero attached hydrogens (tertiary/aromatic N) is 2. The smallest absolute Gasteiger partial charge is 0.233 e. The Labute approximate surface area is 196 Å². The topological polar surface area (TPSA) is 33.2 Å². The molecule has 2 bridgehead atoms. The lowest BCUT2D eigenvalue weighted by molar-refractivity contribution is -0.119. The Kier molecular flexibility index (Phi) is 5.74. The minimum atomic E-state index is 0.180. The van der Waals surface area contributed by atoms with Gasteiger partial charge in [0.05, 0.1) is 11.4 Å². The van der Waals surface area contributed by atoms with Crippen LogP contribution in [0.25, 0.3) is 11.3 Å². The van der Waals surface area contributed by atoms with Crippen LogP contribution in [0.4, 0.5) is 10.8 Å². The first-order valence-corrected chi connectivity index (χ1v) is 12.8. The number of hydrogen-bond acceptors (Lipinski definition) is 3. The molecule has 1 amide bonds. The van der Waals surface area contributed by atoms with Crippen LogP contribution in [0, 0.1) is 31.6 Å². The molecular formula is C26H27BrN2OS. The summed E-state index contributed by atoms with van der Waals surface area (Å²) in [6, 6.07) is 14.5. The maximum Gasteiger partial charge on any atom is 0.233 e. The molecule has 0 spiro atoms. The third-order valence-electron chi connectivity index (χ3n) is 6.86. The first-order valence-electron chi connectivity index (χ1n) is 11.1. The minimum Gasteiger partial charge on any atom is -0.274 e. The molecule has 3 nitrogen and oxygen atoms in total. The SMILES string of the molecule is Cc1cc(C)cc(N(C(=O)C[C@@H]2C[C@H]3CC[C@@H]2C3)c2nc(-c3ccc(Br)cc3)cs2)c1. The van der Waals surface area contributed by atoms with Crippen LogP contribution < -0.4 is 4.90 Å².